The third kappa shape index (κ3) is 4.34. The van der Waals surface area contributed by atoms with Crippen molar-refractivity contribution in [2.45, 2.75) is 6.61 Å². The van der Waals surface area contributed by atoms with Gasteiger partial charge in [0, 0.05) is 5.02 Å². The fourth-order valence-corrected chi connectivity index (χ4v) is 3.11. The summed E-state index contributed by atoms with van der Waals surface area (Å²) in [5.74, 6) is -0.159. The highest BCUT2D eigenvalue weighted by Crippen LogP contribution is 2.24. The molecular formula is C23H16ClFN2O3. The van der Waals surface area contributed by atoms with Crippen LogP contribution in [0.25, 0.3) is 6.08 Å². The number of urea groups is 1. The number of carbonyl (C=O) groups excluding carboxylic acids is 2. The molecule has 1 aliphatic rings. The molecule has 0 saturated carbocycles. The molecule has 3 aromatic carbocycles. The van der Waals surface area contributed by atoms with Crippen molar-refractivity contribution in [3.05, 3.63) is 100 Å². The van der Waals surface area contributed by atoms with E-state index in [1.807, 2.05) is 0 Å². The molecule has 3 amide bonds. The second-order valence-electron chi connectivity index (χ2n) is 6.59. The number of hydrogen-bond donors (Lipinski definition) is 1. The van der Waals surface area contributed by atoms with E-state index in [0.29, 0.717) is 16.5 Å². The van der Waals surface area contributed by atoms with Gasteiger partial charge in [0.1, 0.15) is 23.9 Å². The number of nitrogens with zero attached hydrogens (tertiary/aromatic N) is 1. The Bertz CT molecular complexity index is 1130. The molecule has 5 nitrogen and oxygen atoms in total. The average Bonchev–Trinajstić information content (AvgIpc) is 3.01. The summed E-state index contributed by atoms with van der Waals surface area (Å²) >= 11 is 5.86. The van der Waals surface area contributed by atoms with E-state index in [1.54, 1.807) is 66.7 Å². The van der Waals surface area contributed by atoms with Crippen molar-refractivity contribution in [3.8, 4) is 5.75 Å². The predicted molar refractivity (Wildman–Crippen MR) is 113 cm³/mol. The molecule has 0 atom stereocenters. The first-order valence-electron chi connectivity index (χ1n) is 9.09. The van der Waals surface area contributed by atoms with Crippen LogP contribution in [0.3, 0.4) is 0 Å². The number of nitrogens with one attached hydrogen (secondary N) is 1. The molecule has 150 valence electrons. The Balaban J connectivity index is 1.45. The number of rotatable bonds is 5. The van der Waals surface area contributed by atoms with Crippen molar-refractivity contribution in [2.24, 2.45) is 0 Å². The highest BCUT2D eigenvalue weighted by molar-refractivity contribution is 6.31. The molecule has 7 heteroatoms. The standard InChI is InChI=1S/C23H16ClFN2O3/c24-17-6-8-19(9-7-17)27-22(28)21(26-23(27)29)13-15-4-10-20(11-5-15)30-14-16-2-1-3-18(25)12-16/h1-13H,14H2,(H,26,29)/b21-13+. The van der Waals surface area contributed by atoms with Crippen molar-refractivity contribution >= 4 is 35.3 Å². The van der Waals surface area contributed by atoms with Crippen LogP contribution in [0.2, 0.25) is 5.02 Å². The summed E-state index contributed by atoms with van der Waals surface area (Å²) in [7, 11) is 0. The van der Waals surface area contributed by atoms with E-state index in [1.165, 1.54) is 12.1 Å². The summed E-state index contributed by atoms with van der Waals surface area (Å²) < 4.78 is 18.9. The minimum absolute atomic E-state index is 0.170. The number of carbonyl (C=O) groups is 2. The lowest BCUT2D eigenvalue weighted by Gasteiger charge is -2.11. The van der Waals surface area contributed by atoms with Gasteiger partial charge in [0.05, 0.1) is 5.69 Å². The van der Waals surface area contributed by atoms with Crippen LogP contribution in [-0.4, -0.2) is 11.9 Å². The molecule has 0 unspecified atom stereocenters. The topological polar surface area (TPSA) is 58.6 Å². The SMILES string of the molecule is O=C1N/C(=C/c2ccc(OCc3cccc(F)c3)cc2)C(=O)N1c1ccc(Cl)cc1. The molecule has 0 spiro atoms. The van der Waals surface area contributed by atoms with E-state index in [2.05, 4.69) is 5.32 Å². The summed E-state index contributed by atoms with van der Waals surface area (Å²) in [5, 5.41) is 3.10. The van der Waals surface area contributed by atoms with Gasteiger partial charge in [-0.3, -0.25) is 4.79 Å². The van der Waals surface area contributed by atoms with Gasteiger partial charge >= 0.3 is 6.03 Å². The Morgan fingerprint density at radius 3 is 2.43 bits per heavy atom. The van der Waals surface area contributed by atoms with Crippen LogP contribution >= 0.6 is 11.6 Å². The summed E-state index contributed by atoms with van der Waals surface area (Å²) in [6.45, 7) is 0.239. The van der Waals surface area contributed by atoms with Gasteiger partial charge in [-0.1, -0.05) is 35.9 Å². The summed E-state index contributed by atoms with van der Waals surface area (Å²) in [4.78, 5) is 25.9. The molecular weight excluding hydrogens is 407 g/mol. The number of anilines is 1. The maximum atomic E-state index is 13.2. The monoisotopic (exact) mass is 422 g/mol. The molecule has 1 fully saturated rings. The Morgan fingerprint density at radius 2 is 1.73 bits per heavy atom. The molecule has 0 aromatic heterocycles. The highest BCUT2D eigenvalue weighted by Gasteiger charge is 2.34. The third-order valence-corrected chi connectivity index (χ3v) is 4.70. The number of imide groups is 1. The smallest absolute Gasteiger partial charge is 0.333 e. The minimum Gasteiger partial charge on any atom is -0.489 e. The zero-order valence-corrected chi connectivity index (χ0v) is 16.4. The van der Waals surface area contributed by atoms with E-state index < -0.39 is 11.9 Å². The molecule has 0 bridgehead atoms. The first-order chi connectivity index (χ1) is 14.5. The molecule has 1 heterocycles. The van der Waals surface area contributed by atoms with Crippen molar-refractivity contribution in [1.29, 1.82) is 0 Å². The van der Waals surface area contributed by atoms with E-state index >= 15 is 0 Å². The second-order valence-corrected chi connectivity index (χ2v) is 7.03. The number of ether oxygens (including phenoxy) is 1. The van der Waals surface area contributed by atoms with E-state index in [-0.39, 0.29) is 18.1 Å². The van der Waals surface area contributed by atoms with E-state index in [9.17, 15) is 14.0 Å². The third-order valence-electron chi connectivity index (χ3n) is 4.45. The van der Waals surface area contributed by atoms with Gasteiger partial charge in [-0.25, -0.2) is 14.1 Å². The second kappa shape index (κ2) is 8.39. The molecule has 1 N–H and O–H groups in total. The first kappa shape index (κ1) is 19.7. The van der Waals surface area contributed by atoms with Crippen LogP contribution in [-0.2, 0) is 11.4 Å². The van der Waals surface area contributed by atoms with Crippen molar-refractivity contribution in [2.75, 3.05) is 4.90 Å². The molecule has 4 rings (SSSR count). The van der Waals surface area contributed by atoms with Crippen LogP contribution in [0.1, 0.15) is 11.1 Å². The zero-order chi connectivity index (χ0) is 21.1. The molecule has 1 saturated heterocycles. The molecule has 3 aromatic rings. The van der Waals surface area contributed by atoms with Crippen LogP contribution in [0.4, 0.5) is 14.9 Å². The summed E-state index contributed by atoms with van der Waals surface area (Å²) in [6, 6.07) is 19.1. The number of halogens is 2. The quantitative estimate of drug-likeness (QED) is 0.456. The van der Waals surface area contributed by atoms with Crippen molar-refractivity contribution in [3.63, 3.8) is 0 Å². The largest absolute Gasteiger partial charge is 0.489 e. The maximum absolute atomic E-state index is 13.2. The predicted octanol–water partition coefficient (Wildman–Crippen LogP) is 5.16. The Labute approximate surface area is 177 Å². The van der Waals surface area contributed by atoms with Gasteiger partial charge in [0.2, 0.25) is 0 Å². The number of hydrogen-bond acceptors (Lipinski definition) is 3. The van der Waals surface area contributed by atoms with Gasteiger partial charge in [0.25, 0.3) is 5.91 Å². The van der Waals surface area contributed by atoms with E-state index in [0.717, 1.165) is 16.0 Å². The van der Waals surface area contributed by atoms with Gasteiger partial charge < -0.3 is 10.1 Å². The van der Waals surface area contributed by atoms with Gasteiger partial charge in [0.15, 0.2) is 0 Å². The van der Waals surface area contributed by atoms with Crippen LogP contribution in [0.15, 0.2) is 78.5 Å². The summed E-state index contributed by atoms with van der Waals surface area (Å²) in [5.41, 5.74) is 2.05. The number of benzene rings is 3. The maximum Gasteiger partial charge on any atom is 0.333 e. The highest BCUT2D eigenvalue weighted by atomic mass is 35.5. The lowest BCUT2D eigenvalue weighted by Crippen LogP contribution is -2.30. The molecule has 1 aliphatic heterocycles. The van der Waals surface area contributed by atoms with Gasteiger partial charge in [-0.2, -0.15) is 0 Å². The van der Waals surface area contributed by atoms with Gasteiger partial charge in [-0.05, 0) is 65.7 Å². The minimum atomic E-state index is -0.524. The van der Waals surface area contributed by atoms with Gasteiger partial charge in [-0.15, -0.1) is 0 Å². The van der Waals surface area contributed by atoms with Crippen molar-refractivity contribution < 1.29 is 18.7 Å². The number of amides is 3. The van der Waals surface area contributed by atoms with Crippen LogP contribution in [0, 0.1) is 5.82 Å². The summed E-state index contributed by atoms with van der Waals surface area (Å²) in [6.07, 6.45) is 1.59. The Kier molecular flexibility index (Phi) is 5.50. The van der Waals surface area contributed by atoms with E-state index in [4.69, 9.17) is 16.3 Å². The molecule has 30 heavy (non-hydrogen) atoms. The average molecular weight is 423 g/mol. The Morgan fingerprint density at radius 1 is 1.00 bits per heavy atom. The fourth-order valence-electron chi connectivity index (χ4n) is 2.98. The molecule has 0 aliphatic carbocycles. The lowest BCUT2D eigenvalue weighted by molar-refractivity contribution is -0.113. The van der Waals surface area contributed by atoms with Crippen molar-refractivity contribution in [1.82, 2.24) is 5.32 Å². The van der Waals surface area contributed by atoms with Crippen LogP contribution in [0.5, 0.6) is 5.75 Å². The lowest BCUT2D eigenvalue weighted by atomic mass is 10.2. The fraction of sp³-hybridized carbons (Fsp3) is 0.0435. The first-order valence-corrected chi connectivity index (χ1v) is 9.47. The molecule has 0 radical (unpaired) electrons. The Hall–Kier alpha value is -3.64. The zero-order valence-electron chi connectivity index (χ0n) is 15.6. The normalized spacial score (nSPS) is 14.9. The van der Waals surface area contributed by atoms with Crippen LogP contribution < -0.4 is 15.0 Å².